The second-order valence-electron chi connectivity index (χ2n) is 1.34. The number of halogens is 1. The van der Waals surface area contributed by atoms with Crippen LogP contribution in [0.2, 0.25) is 0 Å². The molecule has 1 aromatic carbocycles. The summed E-state index contributed by atoms with van der Waals surface area (Å²) in [7, 11) is 0. The summed E-state index contributed by atoms with van der Waals surface area (Å²) in [5.74, 6) is 0.322. The van der Waals surface area contributed by atoms with E-state index in [4.69, 9.17) is 5.11 Å². The predicted molar refractivity (Wildman–Crippen MR) is 42.8 cm³/mol. The molecule has 0 aliphatic carbocycles. The zero-order valence-electron chi connectivity index (χ0n) is 4.71. The Morgan fingerprint density at radius 2 is 1.56 bits per heavy atom. The Bertz CT molecular complexity index is 143. The third-order valence-corrected chi connectivity index (χ3v) is 0.756. The molecule has 0 saturated heterocycles. The molecule has 1 aromatic rings. The van der Waals surface area contributed by atoms with E-state index in [2.05, 4.69) is 12.0 Å². The third kappa shape index (κ3) is 4.90. The molecule has 0 atom stereocenters. The van der Waals surface area contributed by atoms with Crippen LogP contribution in [0.15, 0.2) is 30.3 Å². The average molecular weight is 381 g/mol. The van der Waals surface area contributed by atoms with Crippen molar-refractivity contribution in [1.29, 1.82) is 0 Å². The Hall–Kier alpha value is 0.422. The first-order valence-electron chi connectivity index (χ1n) is 2.32. The summed E-state index contributed by atoms with van der Waals surface area (Å²) < 4.78 is 0. The number of benzene rings is 1. The van der Waals surface area contributed by atoms with Crippen molar-refractivity contribution >= 4 is 35.3 Å². The molecule has 3 heteroatoms. The molecule has 0 aromatic heterocycles. The first-order valence-corrected chi connectivity index (χ1v) is 10.8. The van der Waals surface area contributed by atoms with Gasteiger partial charge in [0.25, 0.3) is 0 Å². The van der Waals surface area contributed by atoms with E-state index >= 15 is 0 Å². The van der Waals surface area contributed by atoms with Crippen LogP contribution in [0.4, 0.5) is 0 Å². The molecule has 3 radical (unpaired) electrons. The van der Waals surface area contributed by atoms with Crippen LogP contribution in [0.3, 0.4) is 0 Å². The molecule has 0 fully saturated rings. The minimum atomic E-state index is 0.322. The number of aromatic hydroxyl groups is 1. The predicted octanol–water partition coefficient (Wildman–Crippen LogP) is 1.86. The summed E-state index contributed by atoms with van der Waals surface area (Å²) in [6.45, 7) is 0. The zero-order chi connectivity index (χ0) is 7.11. The van der Waals surface area contributed by atoms with Crippen molar-refractivity contribution < 1.29 is 5.11 Å². The van der Waals surface area contributed by atoms with Gasteiger partial charge in [-0.15, -0.1) is 0 Å². The summed E-state index contributed by atoms with van der Waals surface area (Å²) in [5.41, 5.74) is 0. The van der Waals surface area contributed by atoms with Gasteiger partial charge in [0.15, 0.2) is 0 Å². The topological polar surface area (TPSA) is 20.2 Å². The van der Waals surface area contributed by atoms with Crippen molar-refractivity contribution in [3.63, 3.8) is 0 Å². The molecule has 0 bridgehead atoms. The molecule has 0 aliphatic rings. The van der Waals surface area contributed by atoms with Gasteiger partial charge in [0, 0.05) is 0 Å². The second-order valence-corrected chi connectivity index (χ2v) is 1.34. The fraction of sp³-hybridized carbons (Fsp3) is 0. The number of rotatable bonds is 0. The van der Waals surface area contributed by atoms with Gasteiger partial charge in [0.2, 0.25) is 0 Å². The molecule has 0 saturated carbocycles. The zero-order valence-corrected chi connectivity index (χ0v) is 10.2. The summed E-state index contributed by atoms with van der Waals surface area (Å²) in [4.78, 5) is 0. The van der Waals surface area contributed by atoms with E-state index < -0.39 is 0 Å². The molecule has 1 nitrogen and oxygen atoms in total. The van der Waals surface area contributed by atoms with Crippen LogP contribution in [0.5, 0.6) is 5.75 Å². The van der Waals surface area contributed by atoms with E-state index in [-0.39, 0.29) is 0 Å². The van der Waals surface area contributed by atoms with Crippen LogP contribution in [0.1, 0.15) is 0 Å². The maximum atomic E-state index is 8.63. The van der Waals surface area contributed by atoms with Crippen molar-refractivity contribution in [3.05, 3.63) is 30.3 Å². The van der Waals surface area contributed by atoms with Crippen molar-refractivity contribution in [1.82, 2.24) is 0 Å². The Balaban J connectivity index is 0.000000291. The minimum absolute atomic E-state index is 0.322. The van der Waals surface area contributed by atoms with E-state index in [1.54, 1.807) is 24.3 Å². The Morgan fingerprint density at radius 1 is 1.11 bits per heavy atom. The van der Waals surface area contributed by atoms with Gasteiger partial charge in [-0.3, -0.25) is 0 Å². The van der Waals surface area contributed by atoms with E-state index in [0.717, 1.165) is 23.4 Å². The molecular formula is C6H6BrOPb. The first kappa shape index (κ1) is 9.42. The molecule has 0 spiro atoms. The van der Waals surface area contributed by atoms with Crippen LogP contribution in [-0.4, -0.2) is 28.5 Å². The maximum absolute atomic E-state index is 8.63. The van der Waals surface area contributed by atoms with Crippen LogP contribution < -0.4 is 0 Å². The summed E-state index contributed by atoms with van der Waals surface area (Å²) >= 11 is 4.19. The van der Waals surface area contributed by atoms with E-state index in [1.165, 1.54) is 0 Å². The van der Waals surface area contributed by atoms with Crippen LogP contribution in [0, 0.1) is 0 Å². The van der Waals surface area contributed by atoms with Crippen molar-refractivity contribution in [2.24, 2.45) is 0 Å². The van der Waals surface area contributed by atoms with E-state index in [1.807, 2.05) is 6.07 Å². The van der Waals surface area contributed by atoms with Gasteiger partial charge in [-0.25, -0.2) is 0 Å². The van der Waals surface area contributed by atoms with Crippen molar-refractivity contribution in [2.45, 2.75) is 0 Å². The van der Waals surface area contributed by atoms with Crippen LogP contribution in [0.25, 0.3) is 0 Å². The molecule has 1 rings (SSSR count). The normalized spacial score (nSPS) is 7.33. The van der Waals surface area contributed by atoms with E-state index in [9.17, 15) is 0 Å². The molecule has 0 amide bonds. The summed E-state index contributed by atoms with van der Waals surface area (Å²) in [5, 5.41) is 8.63. The second kappa shape index (κ2) is 6.54. The first-order chi connectivity index (χ1) is 4.39. The monoisotopic (exact) mass is 381 g/mol. The van der Waals surface area contributed by atoms with Gasteiger partial charge in [0.1, 0.15) is 5.75 Å². The third-order valence-electron chi connectivity index (χ3n) is 0.756. The molecule has 0 heterocycles. The SMILES string of the molecule is Oc1ccccc1.[Br][Pb]. The molecule has 9 heavy (non-hydrogen) atoms. The Kier molecular flexibility index (Phi) is 6.85. The summed E-state index contributed by atoms with van der Waals surface area (Å²) in [6, 6.07) is 8.71. The fourth-order valence-electron chi connectivity index (χ4n) is 0.428. The molecular weight excluding hydrogens is 375 g/mol. The quantitative estimate of drug-likeness (QED) is 0.681. The standard InChI is InChI=1S/C6H6O.BrH.Pb/c7-6-4-2-1-3-5-6;;/h1-5,7H;1H;/q;;+1/p-1. The van der Waals surface area contributed by atoms with Gasteiger partial charge < -0.3 is 5.11 Å². The number of phenols is 1. The average Bonchev–Trinajstić information content (AvgIpc) is 1.94. The van der Waals surface area contributed by atoms with E-state index in [0.29, 0.717) is 5.75 Å². The Labute approximate surface area is 76.1 Å². The number of hydrogen-bond donors (Lipinski definition) is 1. The van der Waals surface area contributed by atoms with Gasteiger partial charge in [-0.05, 0) is 12.1 Å². The Morgan fingerprint density at radius 3 is 1.78 bits per heavy atom. The van der Waals surface area contributed by atoms with Gasteiger partial charge in [-0.2, -0.15) is 0 Å². The van der Waals surface area contributed by atoms with Crippen LogP contribution >= 0.6 is 12.0 Å². The van der Waals surface area contributed by atoms with Crippen molar-refractivity contribution in [3.8, 4) is 5.75 Å². The molecule has 0 unspecified atom stereocenters. The van der Waals surface area contributed by atoms with Gasteiger partial charge >= 0.3 is 35.3 Å². The number of phenolic OH excluding ortho intramolecular Hbond substituents is 1. The van der Waals surface area contributed by atoms with Gasteiger partial charge in [0.05, 0.1) is 0 Å². The van der Waals surface area contributed by atoms with Crippen molar-refractivity contribution in [2.75, 3.05) is 0 Å². The fourth-order valence-corrected chi connectivity index (χ4v) is 0.428. The molecule has 47 valence electrons. The molecule has 1 N–H and O–H groups in total. The number of hydrogen-bond acceptors (Lipinski definition) is 1. The number of para-hydroxylation sites is 1. The molecule has 0 aliphatic heterocycles. The van der Waals surface area contributed by atoms with Crippen LogP contribution in [-0.2, 0) is 0 Å². The summed E-state index contributed by atoms with van der Waals surface area (Å²) in [6.07, 6.45) is 0. The van der Waals surface area contributed by atoms with Gasteiger partial charge in [-0.1, -0.05) is 18.2 Å².